The Labute approximate surface area is 389 Å². The second-order valence-corrected chi connectivity index (χ2v) is 18.5. The number of aliphatic imine (C=N–C) groups is 2. The Morgan fingerprint density at radius 2 is 1.27 bits per heavy atom. The largest absolute Gasteiger partial charge is 0.454 e. The molecule has 320 valence electrons. The number of hydrogen-bond acceptors (Lipinski definition) is 3. The molecular formula is C62H46N4O. The lowest BCUT2D eigenvalue weighted by Crippen LogP contribution is -2.37. The van der Waals surface area contributed by atoms with E-state index in [9.17, 15) is 0 Å². The minimum absolute atomic E-state index is 0.0919. The highest BCUT2D eigenvalue weighted by Gasteiger charge is 2.51. The molecule has 1 aliphatic carbocycles. The Kier molecular flexibility index (Phi) is 8.42. The lowest BCUT2D eigenvalue weighted by molar-refractivity contribution is 0.438. The van der Waals surface area contributed by atoms with Gasteiger partial charge in [0, 0.05) is 49.8 Å². The number of fused-ring (bicyclic) bond motifs is 15. The van der Waals surface area contributed by atoms with Crippen LogP contribution in [-0.4, -0.2) is 26.7 Å². The zero-order valence-electron chi connectivity index (χ0n) is 37.2. The van der Waals surface area contributed by atoms with Gasteiger partial charge in [-0.1, -0.05) is 171 Å². The van der Waals surface area contributed by atoms with Gasteiger partial charge in [-0.15, -0.1) is 0 Å². The minimum Gasteiger partial charge on any atom is -0.454 e. The van der Waals surface area contributed by atoms with Crippen LogP contribution in [0, 0.1) is 5.92 Å². The number of aromatic nitrogens is 2. The van der Waals surface area contributed by atoms with Crippen LogP contribution in [0.1, 0.15) is 66.0 Å². The number of para-hydroxylation sites is 5. The first kappa shape index (κ1) is 38.3. The van der Waals surface area contributed by atoms with Crippen molar-refractivity contribution >= 4 is 55.2 Å². The van der Waals surface area contributed by atoms with Gasteiger partial charge in [0.1, 0.15) is 5.75 Å². The monoisotopic (exact) mass is 862 g/mol. The highest BCUT2D eigenvalue weighted by atomic mass is 16.5. The zero-order valence-corrected chi connectivity index (χ0v) is 37.2. The lowest BCUT2D eigenvalue weighted by Gasteiger charge is -2.45. The van der Waals surface area contributed by atoms with Gasteiger partial charge >= 0.3 is 0 Å². The molecule has 0 fully saturated rings. The topological polar surface area (TPSA) is 43.8 Å². The van der Waals surface area contributed by atoms with Gasteiger partial charge in [0.05, 0.1) is 44.9 Å². The smallest absolute Gasteiger partial charge is 0.156 e. The number of allylic oxidation sites excluding steroid dienone is 3. The quantitative estimate of drug-likeness (QED) is 0.170. The fourth-order valence-corrected chi connectivity index (χ4v) is 12.2. The molecule has 2 aromatic heterocycles. The molecule has 14 rings (SSSR count). The van der Waals surface area contributed by atoms with Gasteiger partial charge in [-0.05, 0) is 84.3 Å². The standard InChI is InChI=1S/C62H46N4O/c1-2-39-38-52(40-18-5-3-6-19-40)63-61(42-20-7-4-8-21-42)64-57(39)41-32-34-43(35-33-41)65-53-28-13-9-23-45(53)47-36-37-51-60(59(47)65)67-56-31-16-12-26-49(56)62(51)48-25-11-15-30-55(48)66-54-29-14-10-22-44(54)46-24-17-27-50(62)58(46)66/h3-5,7-18,20-37,39,52H,2,6,19,38H2,1H3. The Morgan fingerprint density at radius 1 is 0.582 bits per heavy atom. The van der Waals surface area contributed by atoms with Crippen LogP contribution in [0.3, 0.4) is 0 Å². The first-order valence-electron chi connectivity index (χ1n) is 23.9. The predicted molar refractivity (Wildman–Crippen MR) is 275 cm³/mol. The summed E-state index contributed by atoms with van der Waals surface area (Å²) < 4.78 is 12.3. The second-order valence-electron chi connectivity index (χ2n) is 18.5. The molecule has 0 radical (unpaired) electrons. The van der Waals surface area contributed by atoms with Crippen LogP contribution < -0.4 is 4.74 Å². The third-order valence-electron chi connectivity index (χ3n) is 15.2. The van der Waals surface area contributed by atoms with Gasteiger partial charge in [0.25, 0.3) is 0 Å². The van der Waals surface area contributed by atoms with Crippen LogP contribution in [0.4, 0.5) is 0 Å². The van der Waals surface area contributed by atoms with Crippen molar-refractivity contribution in [2.24, 2.45) is 15.9 Å². The van der Waals surface area contributed by atoms with Gasteiger partial charge in [-0.3, -0.25) is 4.99 Å². The van der Waals surface area contributed by atoms with Crippen molar-refractivity contribution in [3.63, 3.8) is 0 Å². The molecule has 0 saturated carbocycles. The highest BCUT2D eigenvalue weighted by Crippen LogP contribution is 2.62. The second kappa shape index (κ2) is 14.7. The molecule has 0 N–H and O–H groups in total. The van der Waals surface area contributed by atoms with E-state index in [1.807, 2.05) is 0 Å². The third-order valence-corrected chi connectivity index (χ3v) is 15.2. The normalized spacial score (nSPS) is 19.4. The number of nitrogens with zero attached hydrogens (tertiary/aromatic N) is 4. The van der Waals surface area contributed by atoms with Gasteiger partial charge in [-0.2, -0.15) is 0 Å². The molecule has 3 atom stereocenters. The average molecular weight is 863 g/mol. The maximum atomic E-state index is 7.37. The summed E-state index contributed by atoms with van der Waals surface area (Å²) in [7, 11) is 0. The molecule has 3 aliphatic heterocycles. The van der Waals surface area contributed by atoms with E-state index in [0.29, 0.717) is 0 Å². The van der Waals surface area contributed by atoms with E-state index in [-0.39, 0.29) is 12.0 Å². The summed E-state index contributed by atoms with van der Waals surface area (Å²) in [6, 6.07) is 66.7. The summed E-state index contributed by atoms with van der Waals surface area (Å²) >= 11 is 0. The van der Waals surface area contributed by atoms with Crippen LogP contribution in [0.15, 0.2) is 216 Å². The Hall–Kier alpha value is -8.02. The van der Waals surface area contributed by atoms with Crippen molar-refractivity contribution in [3.8, 4) is 22.9 Å². The number of ether oxygens (including phenoxy) is 1. The molecular weight excluding hydrogens is 817 g/mol. The van der Waals surface area contributed by atoms with Crippen LogP contribution >= 0.6 is 0 Å². The summed E-state index contributed by atoms with van der Waals surface area (Å²) in [5, 5.41) is 4.86. The van der Waals surface area contributed by atoms with Crippen LogP contribution in [0.2, 0.25) is 0 Å². The number of rotatable bonds is 5. The van der Waals surface area contributed by atoms with Crippen molar-refractivity contribution < 1.29 is 4.74 Å². The maximum Gasteiger partial charge on any atom is 0.156 e. The van der Waals surface area contributed by atoms with E-state index in [0.717, 1.165) is 93.1 Å². The van der Waals surface area contributed by atoms with Crippen molar-refractivity contribution in [1.29, 1.82) is 0 Å². The van der Waals surface area contributed by atoms with Crippen molar-refractivity contribution in [2.75, 3.05) is 0 Å². The summed E-state index contributed by atoms with van der Waals surface area (Å²) in [4.78, 5) is 10.9. The summed E-state index contributed by atoms with van der Waals surface area (Å²) in [5.41, 5.74) is 15.7. The molecule has 5 heteroatoms. The van der Waals surface area contributed by atoms with Crippen LogP contribution in [-0.2, 0) is 5.41 Å². The van der Waals surface area contributed by atoms with E-state index in [1.165, 1.54) is 49.6 Å². The molecule has 4 aliphatic rings. The Balaban J connectivity index is 0.991. The van der Waals surface area contributed by atoms with E-state index in [2.05, 4.69) is 216 Å². The Bertz CT molecular complexity index is 3810. The van der Waals surface area contributed by atoms with Gasteiger partial charge < -0.3 is 13.9 Å². The van der Waals surface area contributed by atoms with E-state index < -0.39 is 5.41 Å². The molecule has 10 aromatic rings. The van der Waals surface area contributed by atoms with E-state index in [4.69, 9.17) is 14.7 Å². The van der Waals surface area contributed by atoms with Crippen molar-refractivity contribution in [3.05, 3.63) is 239 Å². The lowest BCUT2D eigenvalue weighted by atomic mass is 9.61. The first-order chi connectivity index (χ1) is 33.2. The van der Waals surface area contributed by atoms with Crippen LogP contribution in [0.5, 0.6) is 11.5 Å². The summed E-state index contributed by atoms with van der Waals surface area (Å²) in [6.45, 7) is 2.30. The van der Waals surface area contributed by atoms with Crippen molar-refractivity contribution in [2.45, 2.75) is 44.1 Å². The summed E-state index contributed by atoms with van der Waals surface area (Å²) in [6.07, 6.45) is 10.8. The molecule has 8 aromatic carbocycles. The molecule has 67 heavy (non-hydrogen) atoms. The van der Waals surface area contributed by atoms with E-state index in [1.54, 1.807) is 0 Å². The van der Waals surface area contributed by atoms with Gasteiger partial charge in [0.15, 0.2) is 11.6 Å². The third kappa shape index (κ3) is 5.43. The first-order valence-corrected chi connectivity index (χ1v) is 23.9. The molecule has 0 amide bonds. The van der Waals surface area contributed by atoms with E-state index >= 15 is 0 Å². The molecule has 5 heterocycles. The zero-order chi connectivity index (χ0) is 44.2. The van der Waals surface area contributed by atoms with Gasteiger partial charge in [0.2, 0.25) is 0 Å². The molecule has 0 bridgehead atoms. The number of benzene rings is 8. The molecule has 5 nitrogen and oxygen atoms in total. The average Bonchev–Trinajstić information content (AvgIpc) is 3.84. The molecule has 3 unspecified atom stereocenters. The maximum absolute atomic E-state index is 7.37. The summed E-state index contributed by atoms with van der Waals surface area (Å²) in [5.74, 6) is 2.82. The molecule has 1 spiro atoms. The van der Waals surface area contributed by atoms with Crippen LogP contribution in [0.25, 0.3) is 55.0 Å². The predicted octanol–water partition coefficient (Wildman–Crippen LogP) is 15.0. The Morgan fingerprint density at radius 3 is 2.06 bits per heavy atom. The number of hydrogen-bond donors (Lipinski definition) is 0. The fraction of sp³-hybridized carbons (Fsp3) is 0.129. The fourth-order valence-electron chi connectivity index (χ4n) is 12.2. The minimum atomic E-state index is -0.670. The highest BCUT2D eigenvalue weighted by molar-refractivity contribution is 6.16. The number of amidine groups is 1. The SMILES string of the molecule is CCC1CC(C2=CC=CCC2)N=C(c2ccccc2)N=C1c1ccc(-n2c3ccccc3c3ccc4c(c32)Oc2ccccc2C42c3ccccc3-n3c4ccccc4c4cccc2c43)cc1. The molecule has 0 saturated heterocycles. The van der Waals surface area contributed by atoms with Crippen molar-refractivity contribution in [1.82, 2.24) is 9.13 Å². The van der Waals surface area contributed by atoms with Gasteiger partial charge in [-0.25, -0.2) is 4.99 Å².